The Balaban J connectivity index is 1.85. The van der Waals surface area contributed by atoms with Crippen molar-refractivity contribution in [2.45, 2.75) is 46.1 Å². The quantitative estimate of drug-likeness (QED) is 0.695. The van der Waals surface area contributed by atoms with E-state index < -0.39 is 5.97 Å². The van der Waals surface area contributed by atoms with Crippen molar-refractivity contribution in [2.75, 3.05) is 13.1 Å². The molecule has 5 nitrogen and oxygen atoms in total. The Morgan fingerprint density at radius 2 is 1.95 bits per heavy atom. The van der Waals surface area contributed by atoms with E-state index in [0.29, 0.717) is 11.5 Å². The van der Waals surface area contributed by atoms with Crippen LogP contribution in [-0.4, -0.2) is 36.1 Å². The molecule has 5 heteroatoms. The lowest BCUT2D eigenvalue weighted by atomic mass is 9.69. The lowest BCUT2D eigenvalue weighted by Crippen LogP contribution is -2.48. The lowest BCUT2D eigenvalue weighted by molar-refractivity contribution is -0.137. The molecule has 2 saturated carbocycles. The molecule has 0 spiro atoms. The van der Waals surface area contributed by atoms with Crippen LogP contribution in [0.2, 0.25) is 0 Å². The Bertz CT molecular complexity index is 394. The van der Waals surface area contributed by atoms with E-state index in [4.69, 9.17) is 5.11 Å². The van der Waals surface area contributed by atoms with Crippen molar-refractivity contribution in [3.63, 3.8) is 0 Å². The third-order valence-corrected chi connectivity index (χ3v) is 5.74. The van der Waals surface area contributed by atoms with E-state index in [1.165, 1.54) is 12.8 Å². The monoisotopic (exact) mass is 268 g/mol. The fourth-order valence-electron chi connectivity index (χ4n) is 3.96. The van der Waals surface area contributed by atoms with Gasteiger partial charge in [0.05, 0.1) is 6.54 Å². The average molecular weight is 268 g/mol. The third-order valence-electron chi connectivity index (χ3n) is 5.74. The Kier molecular flexibility index (Phi) is 3.60. The van der Waals surface area contributed by atoms with Crippen LogP contribution >= 0.6 is 0 Å². The van der Waals surface area contributed by atoms with Gasteiger partial charge in [-0.3, -0.25) is 9.59 Å². The highest BCUT2D eigenvalue weighted by molar-refractivity contribution is 5.82. The van der Waals surface area contributed by atoms with Crippen molar-refractivity contribution in [1.82, 2.24) is 10.6 Å². The van der Waals surface area contributed by atoms with Gasteiger partial charge in [-0.2, -0.15) is 0 Å². The van der Waals surface area contributed by atoms with Crippen molar-refractivity contribution in [3.8, 4) is 0 Å². The molecule has 3 atom stereocenters. The molecule has 2 bridgehead atoms. The fourth-order valence-corrected chi connectivity index (χ4v) is 3.96. The molecule has 108 valence electrons. The number of aliphatic carboxylic acids is 1. The van der Waals surface area contributed by atoms with Crippen LogP contribution in [0, 0.1) is 16.7 Å². The van der Waals surface area contributed by atoms with Crippen molar-refractivity contribution < 1.29 is 14.7 Å². The van der Waals surface area contributed by atoms with Crippen molar-refractivity contribution in [3.05, 3.63) is 0 Å². The summed E-state index contributed by atoms with van der Waals surface area (Å²) >= 11 is 0. The van der Waals surface area contributed by atoms with Crippen LogP contribution < -0.4 is 10.6 Å². The van der Waals surface area contributed by atoms with E-state index in [2.05, 4.69) is 31.4 Å². The number of rotatable bonds is 5. The minimum absolute atomic E-state index is 0.205. The van der Waals surface area contributed by atoms with Crippen molar-refractivity contribution in [2.24, 2.45) is 16.7 Å². The van der Waals surface area contributed by atoms with E-state index in [-0.39, 0.29) is 24.4 Å². The maximum absolute atomic E-state index is 11.5. The van der Waals surface area contributed by atoms with E-state index in [1.54, 1.807) is 0 Å². The Hall–Kier alpha value is -1.10. The van der Waals surface area contributed by atoms with Crippen LogP contribution in [0.4, 0.5) is 0 Å². The second kappa shape index (κ2) is 4.78. The molecule has 0 aromatic rings. The highest BCUT2D eigenvalue weighted by atomic mass is 16.4. The van der Waals surface area contributed by atoms with Gasteiger partial charge in [-0.25, -0.2) is 0 Å². The third kappa shape index (κ3) is 2.36. The predicted octanol–water partition coefficient (Wildman–Crippen LogP) is 0.992. The Morgan fingerprint density at radius 1 is 1.26 bits per heavy atom. The highest BCUT2D eigenvalue weighted by Crippen LogP contribution is 2.65. The summed E-state index contributed by atoms with van der Waals surface area (Å²) in [6.45, 7) is 6.87. The molecule has 2 aliphatic rings. The number of carboxylic acids is 1. The number of hydrogen-bond donors (Lipinski definition) is 3. The molecule has 0 radical (unpaired) electrons. The van der Waals surface area contributed by atoms with Gasteiger partial charge in [-0.05, 0) is 36.0 Å². The highest BCUT2D eigenvalue weighted by Gasteiger charge is 2.61. The molecular weight excluding hydrogens is 244 g/mol. The molecule has 1 amide bonds. The van der Waals surface area contributed by atoms with E-state index in [1.807, 2.05) is 0 Å². The van der Waals surface area contributed by atoms with Gasteiger partial charge in [0.1, 0.15) is 6.54 Å². The van der Waals surface area contributed by atoms with Crippen LogP contribution in [-0.2, 0) is 9.59 Å². The van der Waals surface area contributed by atoms with E-state index in [9.17, 15) is 9.59 Å². The molecule has 19 heavy (non-hydrogen) atoms. The largest absolute Gasteiger partial charge is 0.480 e. The average Bonchev–Trinajstić information content (AvgIpc) is 2.66. The number of carbonyl (C=O) groups is 2. The number of amides is 1. The normalized spacial score (nSPS) is 35.3. The summed E-state index contributed by atoms with van der Waals surface area (Å²) in [6, 6.07) is 0.358. The van der Waals surface area contributed by atoms with Crippen LogP contribution in [0.25, 0.3) is 0 Å². The first-order valence-electron chi connectivity index (χ1n) is 6.99. The van der Waals surface area contributed by atoms with Crippen molar-refractivity contribution in [1.29, 1.82) is 0 Å². The second-order valence-corrected chi connectivity index (χ2v) is 6.71. The van der Waals surface area contributed by atoms with Gasteiger partial charge in [0.2, 0.25) is 5.91 Å². The SMILES string of the molecule is CC1(C)C2CCC1(C)C(NCC(=O)NCC(=O)O)C2. The van der Waals surface area contributed by atoms with Gasteiger partial charge in [0.25, 0.3) is 0 Å². The summed E-state index contributed by atoms with van der Waals surface area (Å²) in [7, 11) is 0. The molecule has 2 aliphatic carbocycles. The van der Waals surface area contributed by atoms with Crippen molar-refractivity contribution >= 4 is 11.9 Å². The summed E-state index contributed by atoms with van der Waals surface area (Å²) in [5.74, 6) is -0.523. The smallest absolute Gasteiger partial charge is 0.322 e. The molecule has 0 aliphatic heterocycles. The molecule has 3 N–H and O–H groups in total. The lowest BCUT2D eigenvalue weighted by Gasteiger charge is -2.39. The second-order valence-electron chi connectivity index (χ2n) is 6.71. The van der Waals surface area contributed by atoms with Crippen LogP contribution in [0.15, 0.2) is 0 Å². The van der Waals surface area contributed by atoms with Gasteiger partial charge >= 0.3 is 5.97 Å². The zero-order chi connectivity index (χ0) is 14.3. The first-order valence-corrected chi connectivity index (χ1v) is 6.99. The zero-order valence-corrected chi connectivity index (χ0v) is 12.0. The van der Waals surface area contributed by atoms with Crippen LogP contribution in [0.1, 0.15) is 40.0 Å². The molecule has 2 fully saturated rings. The van der Waals surface area contributed by atoms with Crippen LogP contribution in [0.5, 0.6) is 0 Å². The summed E-state index contributed by atoms with van der Waals surface area (Å²) < 4.78 is 0. The molecule has 2 rings (SSSR count). The zero-order valence-electron chi connectivity index (χ0n) is 12.0. The fraction of sp³-hybridized carbons (Fsp3) is 0.857. The molecule has 3 unspecified atom stereocenters. The minimum Gasteiger partial charge on any atom is -0.480 e. The number of hydrogen-bond acceptors (Lipinski definition) is 3. The summed E-state index contributed by atoms with van der Waals surface area (Å²) in [6.07, 6.45) is 3.61. The first-order chi connectivity index (χ1) is 8.77. The number of fused-ring (bicyclic) bond motifs is 2. The molecular formula is C14H24N2O3. The maximum atomic E-state index is 11.5. The van der Waals surface area contributed by atoms with Gasteiger partial charge in [-0.15, -0.1) is 0 Å². The maximum Gasteiger partial charge on any atom is 0.322 e. The standard InChI is InChI=1S/C14H24N2O3/c1-13(2)9-4-5-14(13,3)10(6-9)15-7-11(17)16-8-12(18)19/h9-10,15H,4-8H2,1-3H3,(H,16,17)(H,18,19). The number of nitrogens with one attached hydrogen (secondary N) is 2. The Morgan fingerprint density at radius 3 is 2.42 bits per heavy atom. The van der Waals surface area contributed by atoms with E-state index >= 15 is 0 Å². The van der Waals surface area contributed by atoms with Crippen LogP contribution in [0.3, 0.4) is 0 Å². The van der Waals surface area contributed by atoms with Gasteiger partial charge < -0.3 is 15.7 Å². The predicted molar refractivity (Wildman–Crippen MR) is 71.7 cm³/mol. The summed E-state index contributed by atoms with van der Waals surface area (Å²) in [4.78, 5) is 21.9. The van der Waals surface area contributed by atoms with Gasteiger partial charge in [0, 0.05) is 6.04 Å². The molecule has 0 aromatic heterocycles. The molecule has 0 aromatic carbocycles. The minimum atomic E-state index is -1.01. The number of carbonyl (C=O) groups excluding carboxylic acids is 1. The molecule has 0 heterocycles. The van der Waals surface area contributed by atoms with Gasteiger partial charge in [0.15, 0.2) is 0 Å². The Labute approximate surface area is 114 Å². The first kappa shape index (κ1) is 14.3. The van der Waals surface area contributed by atoms with E-state index in [0.717, 1.165) is 12.3 Å². The van der Waals surface area contributed by atoms with Gasteiger partial charge in [-0.1, -0.05) is 20.8 Å². The summed E-state index contributed by atoms with van der Waals surface area (Å²) in [5.41, 5.74) is 0.562. The molecule has 0 saturated heterocycles. The summed E-state index contributed by atoms with van der Waals surface area (Å²) in [5, 5.41) is 14.2. The number of carboxylic acid groups (broad SMARTS) is 1. The topological polar surface area (TPSA) is 78.4 Å².